The first kappa shape index (κ1) is 13.6. The molecular formula is C3H9F2NO4PbS2. The Morgan fingerprint density at radius 3 is 1.15 bits per heavy atom. The number of nitrogens with zero attached hydrogens (tertiary/aromatic N) is 1. The van der Waals surface area contributed by atoms with E-state index >= 15 is 0 Å². The van der Waals surface area contributed by atoms with Gasteiger partial charge in [0.15, 0.2) is 0 Å². The molecule has 80 valence electrons. The van der Waals surface area contributed by atoms with Gasteiger partial charge >= 0.3 is 81.9 Å². The summed E-state index contributed by atoms with van der Waals surface area (Å²) in [5.41, 5.74) is 0. The Labute approximate surface area is 81.5 Å². The summed E-state index contributed by atoms with van der Waals surface area (Å²) < 4.78 is 69.2. The molecule has 0 saturated heterocycles. The minimum absolute atomic E-state index is 0.604. The van der Waals surface area contributed by atoms with E-state index in [0.29, 0.717) is 0 Å². The van der Waals surface area contributed by atoms with Crippen molar-refractivity contribution in [2.24, 2.45) is 0 Å². The van der Waals surface area contributed by atoms with Gasteiger partial charge in [-0.3, -0.25) is 0 Å². The molecule has 0 heterocycles. The first-order chi connectivity index (χ1) is 5.37. The van der Waals surface area contributed by atoms with Crippen molar-refractivity contribution in [3.63, 3.8) is 0 Å². The van der Waals surface area contributed by atoms with Crippen LogP contribution in [0.1, 0.15) is 0 Å². The van der Waals surface area contributed by atoms with E-state index in [1.165, 1.54) is 13.4 Å². The maximum absolute atomic E-state index is 12.4. The van der Waals surface area contributed by atoms with Crippen molar-refractivity contribution in [1.29, 1.82) is 0 Å². The molecule has 0 aliphatic heterocycles. The van der Waals surface area contributed by atoms with Crippen LogP contribution >= 0.6 is 0 Å². The molecular weight excluding hydrogens is 423 g/mol. The Morgan fingerprint density at radius 2 is 1.15 bits per heavy atom. The fourth-order valence-electron chi connectivity index (χ4n) is 0.761. The molecule has 0 unspecified atom stereocenters. The molecule has 0 aromatic heterocycles. The molecule has 0 aromatic rings. The van der Waals surface area contributed by atoms with Crippen LogP contribution in [0.15, 0.2) is 0 Å². The number of hydrogen-bond acceptors (Lipinski definition) is 4. The summed E-state index contributed by atoms with van der Waals surface area (Å²) in [4.78, 5) is 0. The molecule has 10 heteroatoms. The monoisotopic (exact) mass is 433 g/mol. The van der Waals surface area contributed by atoms with Gasteiger partial charge < -0.3 is 0 Å². The van der Waals surface area contributed by atoms with Crippen LogP contribution in [0.3, 0.4) is 0 Å². The normalized spacial score (nSPS) is 14.9. The van der Waals surface area contributed by atoms with Gasteiger partial charge in [0.05, 0.1) is 0 Å². The van der Waals surface area contributed by atoms with Crippen molar-refractivity contribution in [2.45, 2.75) is 13.4 Å². The van der Waals surface area contributed by atoms with Crippen LogP contribution in [0, 0.1) is 0 Å². The zero-order valence-electron chi connectivity index (χ0n) is 7.15. The molecule has 0 rings (SSSR count). The fourth-order valence-corrected chi connectivity index (χ4v) is 18.2. The second kappa shape index (κ2) is 3.66. The third-order valence-corrected chi connectivity index (χ3v) is 21.8. The molecule has 0 fully saturated rings. The van der Waals surface area contributed by atoms with E-state index in [1.807, 2.05) is 0 Å². The van der Waals surface area contributed by atoms with Gasteiger partial charge in [-0.25, -0.2) is 0 Å². The summed E-state index contributed by atoms with van der Waals surface area (Å²) in [5, 5.41) is 0. The van der Waals surface area contributed by atoms with Crippen LogP contribution in [0.2, 0.25) is 13.4 Å². The molecule has 0 amide bonds. The van der Waals surface area contributed by atoms with Gasteiger partial charge in [-0.2, -0.15) is 0 Å². The van der Waals surface area contributed by atoms with Crippen molar-refractivity contribution in [3.8, 4) is 0 Å². The third-order valence-electron chi connectivity index (χ3n) is 0.944. The SMILES string of the molecule is [CH3][Pb]([CH3])([CH3])[N](S(=O)(=O)F)S(=O)(=O)F. The summed E-state index contributed by atoms with van der Waals surface area (Å²) in [7, 11) is -11.0. The summed E-state index contributed by atoms with van der Waals surface area (Å²) in [6.45, 7) is 0. The third kappa shape index (κ3) is 4.12. The zero-order chi connectivity index (χ0) is 11.1. The summed E-state index contributed by atoms with van der Waals surface area (Å²) >= 11 is -4.02. The average Bonchev–Trinajstić information content (AvgIpc) is 1.44. The molecule has 0 atom stereocenters. The van der Waals surface area contributed by atoms with E-state index in [-0.39, 0.29) is 0 Å². The van der Waals surface area contributed by atoms with Crippen LogP contribution in [-0.4, -0.2) is 39.8 Å². The van der Waals surface area contributed by atoms with E-state index in [2.05, 4.69) is 0 Å². The van der Waals surface area contributed by atoms with Crippen molar-refractivity contribution < 1.29 is 24.6 Å². The van der Waals surface area contributed by atoms with E-state index in [9.17, 15) is 24.6 Å². The Hall–Kier alpha value is 0.642. The predicted octanol–water partition coefficient (Wildman–Crippen LogP) is 0.552. The van der Waals surface area contributed by atoms with Crippen molar-refractivity contribution >= 4 is 42.3 Å². The summed E-state index contributed by atoms with van der Waals surface area (Å²) in [6, 6.07) is 0. The molecule has 0 N–H and O–H groups in total. The molecule has 0 spiro atoms. The second-order valence-electron chi connectivity index (χ2n) is 3.25. The molecule has 13 heavy (non-hydrogen) atoms. The number of hydrogen-bond donors (Lipinski definition) is 0. The van der Waals surface area contributed by atoms with Crippen molar-refractivity contribution in [3.05, 3.63) is 0 Å². The quantitative estimate of drug-likeness (QED) is 0.483. The average molecular weight is 432 g/mol. The molecule has 0 radical (unpaired) electrons. The molecule has 0 aliphatic carbocycles. The van der Waals surface area contributed by atoms with Crippen LogP contribution in [0.4, 0.5) is 7.77 Å². The van der Waals surface area contributed by atoms with E-state index in [1.54, 1.807) is 0 Å². The van der Waals surface area contributed by atoms with Crippen LogP contribution in [-0.2, 0) is 20.8 Å². The van der Waals surface area contributed by atoms with E-state index < -0.39 is 43.8 Å². The van der Waals surface area contributed by atoms with Gasteiger partial charge in [-0.05, 0) is 0 Å². The predicted molar refractivity (Wildman–Crippen MR) is 45.2 cm³/mol. The molecule has 0 bridgehead atoms. The standard InChI is InChI=1S/3CH3.F2NO4S2.Pb/c;;;1-8(4,5)3-9(2,6)7;/h3*1H3;;/q;;;-1;+1. The zero-order valence-corrected chi connectivity index (χ0v) is 12.7. The molecule has 0 saturated carbocycles. The fraction of sp³-hybridized carbons (Fsp3) is 1.00. The van der Waals surface area contributed by atoms with Gasteiger partial charge in [0.1, 0.15) is 0 Å². The van der Waals surface area contributed by atoms with Gasteiger partial charge in [0, 0.05) is 0 Å². The van der Waals surface area contributed by atoms with Crippen LogP contribution in [0.5, 0.6) is 0 Å². The van der Waals surface area contributed by atoms with Gasteiger partial charge in [-0.1, -0.05) is 0 Å². The van der Waals surface area contributed by atoms with Gasteiger partial charge in [0.25, 0.3) is 0 Å². The maximum atomic E-state index is 12.4. The minimum atomic E-state index is -5.51. The van der Waals surface area contributed by atoms with Crippen LogP contribution < -0.4 is 0 Å². The first-order valence-electron chi connectivity index (χ1n) is 3.06. The summed E-state index contributed by atoms with van der Waals surface area (Å²) in [5.74, 6) is 0. The number of halogens is 2. The van der Waals surface area contributed by atoms with Gasteiger partial charge in [0.2, 0.25) is 0 Å². The first-order valence-corrected chi connectivity index (χ1v) is 19.1. The van der Waals surface area contributed by atoms with E-state index in [4.69, 9.17) is 0 Å². The Balaban J connectivity index is 5.56. The van der Waals surface area contributed by atoms with E-state index in [0.717, 1.165) is 0 Å². The topological polar surface area (TPSA) is 71.5 Å². The van der Waals surface area contributed by atoms with Crippen molar-refractivity contribution in [1.82, 2.24) is 1.52 Å². The van der Waals surface area contributed by atoms with Crippen LogP contribution in [0.25, 0.3) is 0 Å². The molecule has 0 aromatic carbocycles. The molecule has 0 aliphatic rings. The second-order valence-corrected chi connectivity index (χ2v) is 27.0. The Morgan fingerprint density at radius 1 is 0.923 bits per heavy atom. The summed E-state index contributed by atoms with van der Waals surface area (Å²) in [6.07, 6.45) is 0. The number of rotatable bonds is 3. The van der Waals surface area contributed by atoms with Gasteiger partial charge in [-0.15, -0.1) is 0 Å². The Bertz CT molecular complexity index is 350. The van der Waals surface area contributed by atoms with Crippen molar-refractivity contribution in [2.75, 3.05) is 0 Å². The molecule has 5 nitrogen and oxygen atoms in total. The Kier molecular flexibility index (Phi) is 3.84.